The summed E-state index contributed by atoms with van der Waals surface area (Å²) in [7, 11) is 10.5. The molecule has 214 valence electrons. The molecule has 3 aromatic rings. The largest absolute Gasteiger partial charge is 0.493 e. The van der Waals surface area contributed by atoms with E-state index in [1.807, 2.05) is 30.4 Å². The molecule has 0 saturated carbocycles. The van der Waals surface area contributed by atoms with Crippen LogP contribution >= 0.6 is 0 Å². The summed E-state index contributed by atoms with van der Waals surface area (Å²) in [6.45, 7) is 1.88. The maximum Gasteiger partial charge on any atom is 0.342 e. The molecular weight excluding hydrogens is 520 g/mol. The van der Waals surface area contributed by atoms with Crippen molar-refractivity contribution in [3.05, 3.63) is 53.1 Å². The molecule has 0 bridgehead atoms. The molecule has 0 aliphatic heterocycles. The molecular formula is C30H34O10. The second-order valence-corrected chi connectivity index (χ2v) is 8.05. The van der Waals surface area contributed by atoms with E-state index < -0.39 is 5.97 Å². The molecule has 0 N–H and O–H groups in total. The fraction of sp³-hybridized carbons (Fsp3) is 0.300. The molecule has 40 heavy (non-hydrogen) atoms. The predicted octanol–water partition coefficient (Wildman–Crippen LogP) is 5.89. The summed E-state index contributed by atoms with van der Waals surface area (Å²) < 4.78 is 49.9. The SMILES string of the molecule is CCOC(=O)c1cc(OC)c(OC)c(OC)c1Oc1cc(C=Cc2cc(OC)c(OC)c(OC)c2)ccc1OC. The van der Waals surface area contributed by atoms with E-state index in [-0.39, 0.29) is 35.2 Å². The lowest BCUT2D eigenvalue weighted by atomic mass is 10.1. The molecule has 0 aromatic heterocycles. The Labute approximate surface area is 233 Å². The van der Waals surface area contributed by atoms with Gasteiger partial charge in [-0.2, -0.15) is 0 Å². The van der Waals surface area contributed by atoms with Crippen molar-refractivity contribution in [2.24, 2.45) is 0 Å². The van der Waals surface area contributed by atoms with Crippen LogP contribution < -0.4 is 37.9 Å². The number of benzene rings is 3. The Balaban J connectivity index is 2.10. The number of rotatable bonds is 13. The first-order chi connectivity index (χ1) is 19.4. The van der Waals surface area contributed by atoms with Crippen LogP contribution in [-0.2, 0) is 4.74 Å². The average Bonchev–Trinajstić information content (AvgIpc) is 2.98. The molecule has 0 amide bonds. The van der Waals surface area contributed by atoms with Crippen LogP contribution in [0.3, 0.4) is 0 Å². The highest BCUT2D eigenvalue weighted by Gasteiger charge is 2.28. The number of carbonyl (C=O) groups is 1. The first-order valence-electron chi connectivity index (χ1n) is 12.2. The number of methoxy groups -OCH3 is 7. The Hall–Kier alpha value is -4.73. The third-order valence-corrected chi connectivity index (χ3v) is 5.83. The fourth-order valence-electron chi connectivity index (χ4n) is 3.97. The van der Waals surface area contributed by atoms with E-state index in [9.17, 15) is 4.79 Å². The topological polar surface area (TPSA) is 100 Å². The molecule has 0 atom stereocenters. The number of esters is 1. The summed E-state index contributed by atoms with van der Waals surface area (Å²) in [5, 5.41) is 0. The zero-order valence-corrected chi connectivity index (χ0v) is 23.9. The third kappa shape index (κ3) is 6.28. The van der Waals surface area contributed by atoms with Gasteiger partial charge in [-0.3, -0.25) is 0 Å². The van der Waals surface area contributed by atoms with E-state index in [2.05, 4.69) is 0 Å². The van der Waals surface area contributed by atoms with E-state index >= 15 is 0 Å². The molecule has 0 saturated heterocycles. The van der Waals surface area contributed by atoms with Crippen LogP contribution in [0.25, 0.3) is 12.2 Å². The Bertz CT molecular complexity index is 1340. The molecule has 0 radical (unpaired) electrons. The standard InChI is InChI=1S/C30H34O10/c1-9-39-30(31)20-17-25(35-5)28(37-7)29(38-8)26(20)40-22-14-18(12-13-21(22)32-2)10-11-19-15-23(33-3)27(36-6)24(16-19)34-4/h10-17H,9H2,1-8H3. The van der Waals surface area contributed by atoms with Crippen LogP contribution in [0.4, 0.5) is 0 Å². The van der Waals surface area contributed by atoms with Crippen LogP contribution in [0.2, 0.25) is 0 Å². The lowest BCUT2D eigenvalue weighted by molar-refractivity contribution is 0.0522. The predicted molar refractivity (Wildman–Crippen MR) is 150 cm³/mol. The lowest BCUT2D eigenvalue weighted by Crippen LogP contribution is -2.09. The van der Waals surface area contributed by atoms with Crippen LogP contribution in [0.1, 0.15) is 28.4 Å². The summed E-state index contributed by atoms with van der Waals surface area (Å²) in [6, 6.07) is 10.5. The van der Waals surface area contributed by atoms with Crippen molar-refractivity contribution in [2.45, 2.75) is 6.92 Å². The summed E-state index contributed by atoms with van der Waals surface area (Å²) in [6.07, 6.45) is 3.77. The van der Waals surface area contributed by atoms with Gasteiger partial charge in [0.25, 0.3) is 0 Å². The second kappa shape index (κ2) is 13.9. The van der Waals surface area contributed by atoms with Gasteiger partial charge in [-0.05, 0) is 42.3 Å². The Kier molecular flexibility index (Phi) is 10.4. The van der Waals surface area contributed by atoms with Crippen LogP contribution in [-0.4, -0.2) is 62.3 Å². The second-order valence-electron chi connectivity index (χ2n) is 8.05. The van der Waals surface area contributed by atoms with Crippen LogP contribution in [0, 0.1) is 0 Å². The van der Waals surface area contributed by atoms with Crippen molar-refractivity contribution in [2.75, 3.05) is 56.4 Å². The minimum absolute atomic E-state index is 0.0858. The monoisotopic (exact) mass is 554 g/mol. The summed E-state index contributed by atoms with van der Waals surface area (Å²) in [5.74, 6) is 2.49. The molecule has 0 fully saturated rings. The Morgan fingerprint density at radius 2 is 1.10 bits per heavy atom. The zero-order chi connectivity index (χ0) is 29.2. The van der Waals surface area contributed by atoms with Gasteiger partial charge in [0.15, 0.2) is 34.5 Å². The molecule has 10 heteroatoms. The smallest absolute Gasteiger partial charge is 0.342 e. The Morgan fingerprint density at radius 3 is 1.62 bits per heavy atom. The number of carbonyl (C=O) groups excluding carboxylic acids is 1. The highest BCUT2D eigenvalue weighted by molar-refractivity contribution is 5.95. The number of ether oxygens (including phenoxy) is 9. The molecule has 3 aromatic carbocycles. The molecule has 0 aliphatic rings. The maximum atomic E-state index is 12.9. The van der Waals surface area contributed by atoms with Crippen molar-refractivity contribution in [1.82, 2.24) is 0 Å². The highest BCUT2D eigenvalue weighted by Crippen LogP contribution is 2.49. The zero-order valence-electron chi connectivity index (χ0n) is 23.9. The van der Waals surface area contributed by atoms with E-state index in [1.54, 1.807) is 40.4 Å². The summed E-state index contributed by atoms with van der Waals surface area (Å²) in [5.41, 5.74) is 1.69. The molecule has 0 heterocycles. The minimum atomic E-state index is -0.617. The number of hydrogen-bond acceptors (Lipinski definition) is 10. The van der Waals surface area contributed by atoms with Gasteiger partial charge in [-0.15, -0.1) is 0 Å². The minimum Gasteiger partial charge on any atom is -0.493 e. The Morgan fingerprint density at radius 1 is 0.575 bits per heavy atom. The van der Waals surface area contributed by atoms with E-state index in [1.165, 1.54) is 34.5 Å². The quantitative estimate of drug-likeness (QED) is 0.188. The third-order valence-electron chi connectivity index (χ3n) is 5.83. The van der Waals surface area contributed by atoms with Crippen LogP contribution in [0.5, 0.6) is 51.7 Å². The van der Waals surface area contributed by atoms with Crippen molar-refractivity contribution in [3.8, 4) is 51.7 Å². The van der Waals surface area contributed by atoms with E-state index in [0.717, 1.165) is 11.1 Å². The van der Waals surface area contributed by atoms with Crippen molar-refractivity contribution in [3.63, 3.8) is 0 Å². The van der Waals surface area contributed by atoms with Gasteiger partial charge in [0, 0.05) is 6.07 Å². The molecule has 0 spiro atoms. The van der Waals surface area contributed by atoms with Crippen molar-refractivity contribution in [1.29, 1.82) is 0 Å². The maximum absolute atomic E-state index is 12.9. The molecule has 3 rings (SSSR count). The van der Waals surface area contributed by atoms with Gasteiger partial charge in [-0.1, -0.05) is 18.2 Å². The van der Waals surface area contributed by atoms with E-state index in [4.69, 9.17) is 42.6 Å². The van der Waals surface area contributed by atoms with Gasteiger partial charge in [0.1, 0.15) is 5.56 Å². The van der Waals surface area contributed by atoms with Gasteiger partial charge >= 0.3 is 5.97 Å². The van der Waals surface area contributed by atoms with Gasteiger partial charge < -0.3 is 42.6 Å². The average molecular weight is 555 g/mol. The summed E-state index contributed by atoms with van der Waals surface area (Å²) in [4.78, 5) is 12.9. The first-order valence-corrected chi connectivity index (χ1v) is 12.2. The number of hydrogen-bond donors (Lipinski definition) is 0. The van der Waals surface area contributed by atoms with Crippen molar-refractivity contribution >= 4 is 18.1 Å². The highest BCUT2D eigenvalue weighted by atomic mass is 16.6. The molecule has 0 aliphatic carbocycles. The van der Waals surface area contributed by atoms with Gasteiger partial charge in [0.05, 0.1) is 56.4 Å². The lowest BCUT2D eigenvalue weighted by Gasteiger charge is -2.20. The normalized spacial score (nSPS) is 10.6. The van der Waals surface area contributed by atoms with Gasteiger partial charge in [-0.25, -0.2) is 4.79 Å². The molecule has 0 unspecified atom stereocenters. The van der Waals surface area contributed by atoms with Crippen LogP contribution in [0.15, 0.2) is 36.4 Å². The first kappa shape index (κ1) is 29.8. The summed E-state index contributed by atoms with van der Waals surface area (Å²) >= 11 is 0. The van der Waals surface area contributed by atoms with Crippen molar-refractivity contribution < 1.29 is 47.4 Å². The fourth-order valence-corrected chi connectivity index (χ4v) is 3.97. The van der Waals surface area contributed by atoms with E-state index in [0.29, 0.717) is 28.7 Å². The molecule has 10 nitrogen and oxygen atoms in total. The van der Waals surface area contributed by atoms with Gasteiger partial charge in [0.2, 0.25) is 17.2 Å².